The highest BCUT2D eigenvalue weighted by Crippen LogP contribution is 2.38. The van der Waals surface area contributed by atoms with Crippen LogP contribution in [0, 0.1) is 0 Å². The molecule has 2 aromatic carbocycles. The van der Waals surface area contributed by atoms with Crippen molar-refractivity contribution in [1.82, 2.24) is 30.0 Å². The van der Waals surface area contributed by atoms with Gasteiger partial charge in [-0.05, 0) is 36.4 Å². The number of ether oxygens (including phenoxy) is 1. The summed E-state index contributed by atoms with van der Waals surface area (Å²) in [4.78, 5) is 10.5. The number of fused-ring (bicyclic) bond motifs is 1. The normalized spacial score (nSPS) is 23.3. The zero-order valence-corrected chi connectivity index (χ0v) is 19.0. The summed E-state index contributed by atoms with van der Waals surface area (Å²) >= 11 is 0. The van der Waals surface area contributed by atoms with Crippen LogP contribution in [-0.2, 0) is 5.72 Å². The van der Waals surface area contributed by atoms with Crippen LogP contribution in [0.4, 0.5) is 10.2 Å². The third-order valence-corrected chi connectivity index (χ3v) is 6.91. The van der Waals surface area contributed by atoms with E-state index in [1.807, 2.05) is 54.6 Å². The lowest BCUT2D eigenvalue weighted by atomic mass is 9.96. The van der Waals surface area contributed by atoms with Crippen molar-refractivity contribution in [2.24, 2.45) is 0 Å². The Labute approximate surface area is 201 Å². The van der Waals surface area contributed by atoms with Gasteiger partial charge in [-0.1, -0.05) is 18.2 Å². The van der Waals surface area contributed by atoms with Crippen molar-refractivity contribution in [2.45, 2.75) is 24.4 Å². The zero-order valence-electron chi connectivity index (χ0n) is 19.0. The van der Waals surface area contributed by atoms with Crippen LogP contribution >= 0.6 is 0 Å². The molecule has 2 fully saturated rings. The second-order valence-electron chi connectivity index (χ2n) is 9.06. The van der Waals surface area contributed by atoms with Gasteiger partial charge in [0.2, 0.25) is 0 Å². The minimum absolute atomic E-state index is 0.131. The summed E-state index contributed by atoms with van der Waals surface area (Å²) in [6, 6.07) is 17.1. The van der Waals surface area contributed by atoms with Gasteiger partial charge in [0.05, 0.1) is 5.39 Å². The number of aromatic nitrogens is 4. The zero-order chi connectivity index (χ0) is 24.0. The summed E-state index contributed by atoms with van der Waals surface area (Å²) in [5.41, 5.74) is 5.90. The predicted octanol–water partition coefficient (Wildman–Crippen LogP) is 2.53. The van der Waals surface area contributed by atoms with Crippen LogP contribution in [0.25, 0.3) is 22.3 Å². The topological polar surface area (TPSA) is 114 Å². The number of anilines is 1. The van der Waals surface area contributed by atoms with Gasteiger partial charge in [0.25, 0.3) is 0 Å². The summed E-state index contributed by atoms with van der Waals surface area (Å²) in [6.07, 6.45) is -0.0396. The number of benzene rings is 2. The molecule has 2 aromatic heterocycles. The number of halogens is 1. The Morgan fingerprint density at radius 1 is 1.06 bits per heavy atom. The number of likely N-dealkylation sites (tertiary alicyclic amines) is 1. The number of nitrogens with two attached hydrogens (primary N) is 1. The lowest BCUT2D eigenvalue weighted by Gasteiger charge is -2.46. The summed E-state index contributed by atoms with van der Waals surface area (Å²) in [6.45, 7) is 2.37. The van der Waals surface area contributed by atoms with E-state index in [0.29, 0.717) is 35.1 Å². The summed E-state index contributed by atoms with van der Waals surface area (Å²) < 4.78 is 22.7. The Hall–Kier alpha value is -3.60. The van der Waals surface area contributed by atoms with Crippen molar-refractivity contribution in [1.29, 1.82) is 0 Å². The van der Waals surface area contributed by atoms with E-state index in [1.54, 1.807) is 0 Å². The van der Waals surface area contributed by atoms with Crippen molar-refractivity contribution < 1.29 is 14.2 Å². The number of nitrogen functional groups attached to an aromatic ring is 1. The molecule has 2 aliphatic rings. The van der Waals surface area contributed by atoms with Gasteiger partial charge in [-0.2, -0.15) is 5.10 Å². The van der Waals surface area contributed by atoms with E-state index >= 15 is 4.39 Å². The molecule has 0 amide bonds. The fourth-order valence-corrected chi connectivity index (χ4v) is 4.76. The van der Waals surface area contributed by atoms with E-state index in [9.17, 15) is 5.11 Å². The highest BCUT2D eigenvalue weighted by Gasteiger charge is 2.47. The van der Waals surface area contributed by atoms with E-state index in [2.05, 4.69) is 25.3 Å². The van der Waals surface area contributed by atoms with Crippen LogP contribution in [-0.4, -0.2) is 68.1 Å². The average molecular weight is 476 g/mol. The smallest absolute Gasteiger partial charge is 0.194 e. The standard InChI is InChI=1S/C25H26FN7O2/c26-20-14-32(17-12-28-13-17)11-10-25(20,34)33-24-21(23(27)29-15-30-24)22(31-33)16-6-8-19(9-7-16)35-18-4-2-1-3-5-18/h1-9,15,17,20,28,34H,10-14H2,(H2,27,29,30)/t20-,25?/m1/s1. The number of rotatable bonds is 5. The maximum Gasteiger partial charge on any atom is 0.194 e. The fraction of sp³-hybridized carbons (Fsp3) is 0.320. The molecule has 4 heterocycles. The van der Waals surface area contributed by atoms with Crippen molar-refractivity contribution in [3.05, 3.63) is 60.9 Å². The molecule has 0 saturated carbocycles. The van der Waals surface area contributed by atoms with Crippen molar-refractivity contribution >= 4 is 16.9 Å². The quantitative estimate of drug-likeness (QED) is 0.404. The van der Waals surface area contributed by atoms with Gasteiger partial charge in [0.1, 0.15) is 29.3 Å². The number of nitrogens with zero attached hydrogens (tertiary/aromatic N) is 5. The minimum atomic E-state index is -1.83. The second-order valence-corrected chi connectivity index (χ2v) is 9.06. The van der Waals surface area contributed by atoms with Crippen molar-refractivity contribution in [3.8, 4) is 22.8 Å². The lowest BCUT2D eigenvalue weighted by Crippen LogP contribution is -2.64. The van der Waals surface area contributed by atoms with Gasteiger partial charge in [-0.15, -0.1) is 0 Å². The maximum absolute atomic E-state index is 15.5. The van der Waals surface area contributed by atoms with Gasteiger partial charge in [-0.3, -0.25) is 4.90 Å². The van der Waals surface area contributed by atoms with E-state index in [1.165, 1.54) is 11.0 Å². The number of hydrogen-bond acceptors (Lipinski definition) is 8. The first kappa shape index (κ1) is 21.9. The second kappa shape index (κ2) is 8.56. The summed E-state index contributed by atoms with van der Waals surface area (Å²) in [5, 5.41) is 19.9. The van der Waals surface area contributed by atoms with Gasteiger partial charge >= 0.3 is 0 Å². The Kier molecular flexibility index (Phi) is 5.36. The molecule has 0 bridgehead atoms. The molecule has 4 N–H and O–H groups in total. The number of piperidine rings is 1. The average Bonchev–Trinajstić information content (AvgIpc) is 3.23. The van der Waals surface area contributed by atoms with Crippen molar-refractivity contribution in [2.75, 3.05) is 31.9 Å². The van der Waals surface area contributed by atoms with Gasteiger partial charge < -0.3 is 20.9 Å². The molecule has 180 valence electrons. The van der Waals surface area contributed by atoms with E-state index in [-0.39, 0.29) is 18.8 Å². The summed E-state index contributed by atoms with van der Waals surface area (Å²) in [5.74, 6) is 1.61. The van der Waals surface area contributed by atoms with E-state index < -0.39 is 11.9 Å². The van der Waals surface area contributed by atoms with Crippen LogP contribution in [0.2, 0.25) is 0 Å². The number of aliphatic hydroxyl groups is 1. The molecule has 2 saturated heterocycles. The van der Waals surface area contributed by atoms with Crippen LogP contribution in [0.5, 0.6) is 11.5 Å². The Morgan fingerprint density at radius 2 is 1.80 bits per heavy atom. The number of alkyl halides is 1. The molecule has 4 aromatic rings. The van der Waals surface area contributed by atoms with Gasteiger partial charge in [-0.25, -0.2) is 19.0 Å². The third kappa shape index (κ3) is 3.79. The molecule has 0 aliphatic carbocycles. The molecule has 2 aliphatic heterocycles. The molecular weight excluding hydrogens is 449 g/mol. The molecule has 0 radical (unpaired) electrons. The largest absolute Gasteiger partial charge is 0.457 e. The first-order valence-electron chi connectivity index (χ1n) is 11.7. The first-order valence-corrected chi connectivity index (χ1v) is 11.7. The fourth-order valence-electron chi connectivity index (χ4n) is 4.76. The van der Waals surface area contributed by atoms with E-state index in [4.69, 9.17) is 10.5 Å². The molecule has 1 unspecified atom stereocenters. The maximum atomic E-state index is 15.5. The van der Waals surface area contributed by atoms with E-state index in [0.717, 1.165) is 24.4 Å². The van der Waals surface area contributed by atoms with Crippen LogP contribution in [0.15, 0.2) is 60.9 Å². The highest BCUT2D eigenvalue weighted by atomic mass is 19.1. The van der Waals surface area contributed by atoms with Crippen molar-refractivity contribution in [3.63, 3.8) is 0 Å². The SMILES string of the molecule is Nc1ncnc2c1c(-c1ccc(Oc3ccccc3)cc1)nn2C1(O)CCN(C2CNC2)C[C@H]1F. The first-order chi connectivity index (χ1) is 17.0. The highest BCUT2D eigenvalue weighted by molar-refractivity contribution is 5.98. The molecule has 9 nitrogen and oxygen atoms in total. The number of para-hydroxylation sites is 1. The summed E-state index contributed by atoms with van der Waals surface area (Å²) in [7, 11) is 0. The van der Waals surface area contributed by atoms with Gasteiger partial charge in [0.15, 0.2) is 17.5 Å². The Balaban J connectivity index is 1.35. The van der Waals surface area contributed by atoms with Crippen LogP contribution in [0.3, 0.4) is 0 Å². The third-order valence-electron chi connectivity index (χ3n) is 6.91. The molecular formula is C25H26FN7O2. The minimum Gasteiger partial charge on any atom is -0.457 e. The Morgan fingerprint density at radius 3 is 2.49 bits per heavy atom. The monoisotopic (exact) mass is 475 g/mol. The molecule has 2 atom stereocenters. The molecule has 10 heteroatoms. The van der Waals surface area contributed by atoms with Crippen LogP contribution in [0.1, 0.15) is 6.42 Å². The lowest BCUT2D eigenvalue weighted by molar-refractivity contribution is -0.154. The predicted molar refractivity (Wildman–Crippen MR) is 130 cm³/mol. The van der Waals surface area contributed by atoms with Crippen LogP contribution < -0.4 is 15.8 Å². The number of hydrogen-bond donors (Lipinski definition) is 3. The molecule has 35 heavy (non-hydrogen) atoms. The molecule has 6 rings (SSSR count). The Bertz CT molecular complexity index is 1340. The van der Waals surface area contributed by atoms with Gasteiger partial charge in [0, 0.05) is 44.2 Å². The molecule has 0 spiro atoms. The number of nitrogens with one attached hydrogen (secondary N) is 1.